The molecule has 184 valence electrons. The van der Waals surface area contributed by atoms with Crippen molar-refractivity contribution >= 4 is 29.7 Å². The lowest BCUT2D eigenvalue weighted by molar-refractivity contribution is -0.275. The highest BCUT2D eigenvalue weighted by molar-refractivity contribution is 5.95. The number of carbonyl (C=O) groups excluding carboxylic acids is 1. The van der Waals surface area contributed by atoms with Crippen molar-refractivity contribution in [3.63, 3.8) is 0 Å². The molecule has 0 aliphatic heterocycles. The number of anilines is 1. The summed E-state index contributed by atoms with van der Waals surface area (Å²) in [5.41, 5.74) is 6.20. The molecule has 0 fully saturated rings. The van der Waals surface area contributed by atoms with Crippen molar-refractivity contribution in [3.8, 4) is 5.75 Å². The third-order valence-electron chi connectivity index (χ3n) is 5.02. The summed E-state index contributed by atoms with van der Waals surface area (Å²) in [5.74, 6) is -0.656. The van der Waals surface area contributed by atoms with Crippen molar-refractivity contribution < 1.29 is 22.7 Å². The van der Waals surface area contributed by atoms with Gasteiger partial charge in [-0.25, -0.2) is 4.68 Å². The summed E-state index contributed by atoms with van der Waals surface area (Å²) in [4.78, 5) is 29.8. The van der Waals surface area contributed by atoms with E-state index in [1.807, 2.05) is 0 Å². The van der Waals surface area contributed by atoms with Crippen LogP contribution in [0.15, 0.2) is 47.9 Å². The molecule has 3 aromatic rings. The third kappa shape index (κ3) is 5.96. The highest BCUT2D eigenvalue weighted by Gasteiger charge is 2.32. The number of hydrogen-bond donors (Lipinski definition) is 2. The maximum Gasteiger partial charge on any atom is 0.573 e. The van der Waals surface area contributed by atoms with Crippen LogP contribution in [-0.2, 0) is 7.05 Å². The Kier molecular flexibility index (Phi) is 7.13. The Morgan fingerprint density at radius 2 is 2.00 bits per heavy atom. The fourth-order valence-electron chi connectivity index (χ4n) is 3.39. The van der Waals surface area contributed by atoms with Gasteiger partial charge >= 0.3 is 6.36 Å². The fraction of sp³-hybridized carbons (Fsp3) is 0.217. The largest absolute Gasteiger partial charge is 0.573 e. The first-order chi connectivity index (χ1) is 16.4. The number of pyridine rings is 1. The van der Waals surface area contributed by atoms with E-state index in [0.29, 0.717) is 11.4 Å². The Balaban J connectivity index is 1.92. The number of nitrogen functional groups attached to an aromatic ring is 1. The monoisotopic (exact) mass is 488 g/mol. The van der Waals surface area contributed by atoms with Gasteiger partial charge in [0.25, 0.3) is 11.5 Å². The number of ether oxygens (including phenoxy) is 1. The van der Waals surface area contributed by atoms with Crippen molar-refractivity contribution in [2.24, 2.45) is 7.05 Å². The van der Waals surface area contributed by atoms with Crippen LogP contribution in [-0.4, -0.2) is 31.6 Å². The Labute approximate surface area is 198 Å². The maximum atomic E-state index is 13.0. The predicted octanol–water partition coefficient (Wildman–Crippen LogP) is 3.61. The summed E-state index contributed by atoms with van der Waals surface area (Å²) in [7, 11) is 1.48. The third-order valence-corrected chi connectivity index (χ3v) is 5.02. The highest BCUT2D eigenvalue weighted by atomic mass is 19.4. The molecule has 35 heavy (non-hydrogen) atoms. The number of benzene rings is 1. The van der Waals surface area contributed by atoms with Gasteiger partial charge in [0.2, 0.25) is 5.95 Å². The van der Waals surface area contributed by atoms with E-state index in [1.54, 1.807) is 13.0 Å². The van der Waals surface area contributed by atoms with Crippen LogP contribution in [0.5, 0.6) is 5.75 Å². The summed E-state index contributed by atoms with van der Waals surface area (Å²) in [6.07, 6.45) is -0.580. The number of nitrogens with one attached hydrogen (secondary N) is 1. The van der Waals surface area contributed by atoms with Gasteiger partial charge in [-0.15, -0.1) is 18.3 Å². The summed E-state index contributed by atoms with van der Waals surface area (Å²) < 4.78 is 44.9. The number of nitrogens with two attached hydrogens (primary N) is 1. The first-order valence-corrected chi connectivity index (χ1v) is 10.3. The quantitative estimate of drug-likeness (QED) is 0.525. The number of allylic oxidation sites excluding steroid dienone is 1. The second-order valence-electron chi connectivity index (χ2n) is 7.62. The molecule has 0 radical (unpaired) electrons. The van der Waals surface area contributed by atoms with Crippen molar-refractivity contribution in [2.75, 3.05) is 5.73 Å². The minimum absolute atomic E-state index is 0.0220. The zero-order valence-corrected chi connectivity index (χ0v) is 19.1. The fourth-order valence-corrected chi connectivity index (χ4v) is 3.39. The minimum atomic E-state index is -4.88. The van der Waals surface area contributed by atoms with Gasteiger partial charge in [-0.1, -0.05) is 24.8 Å². The smallest absolute Gasteiger partial charge is 0.405 e. The van der Waals surface area contributed by atoms with Crippen LogP contribution in [0.2, 0.25) is 0 Å². The van der Waals surface area contributed by atoms with Gasteiger partial charge in [-0.05, 0) is 37.6 Å². The number of para-hydroxylation sites is 1. The molecule has 1 unspecified atom stereocenters. The molecular weight excluding hydrogens is 465 g/mol. The van der Waals surface area contributed by atoms with Crippen molar-refractivity contribution in [1.82, 2.24) is 24.6 Å². The Morgan fingerprint density at radius 1 is 1.31 bits per heavy atom. The normalized spacial score (nSPS) is 12.8. The number of aryl methyl sites for hydroxylation is 1. The Hall–Kier alpha value is -4.35. The van der Waals surface area contributed by atoms with Crippen LogP contribution >= 0.6 is 0 Å². The summed E-state index contributed by atoms with van der Waals surface area (Å²) in [5, 5.41) is 6.59. The molecule has 0 spiro atoms. The molecule has 1 atom stereocenters. The molecular formula is C23H23F3N6O3. The van der Waals surface area contributed by atoms with Crippen molar-refractivity contribution in [3.05, 3.63) is 76.0 Å². The molecule has 0 saturated heterocycles. The van der Waals surface area contributed by atoms with E-state index < -0.39 is 24.1 Å². The lowest BCUT2D eigenvalue weighted by atomic mass is 10.0. The molecule has 3 rings (SSSR count). The van der Waals surface area contributed by atoms with Crippen molar-refractivity contribution in [2.45, 2.75) is 26.3 Å². The van der Waals surface area contributed by atoms with E-state index in [2.05, 4.69) is 26.7 Å². The number of hydrogen-bond acceptors (Lipinski definition) is 6. The summed E-state index contributed by atoms with van der Waals surface area (Å²) in [6, 6.07) is 6.09. The summed E-state index contributed by atoms with van der Waals surface area (Å²) >= 11 is 0. The molecule has 12 heteroatoms. The first kappa shape index (κ1) is 25.3. The molecule has 1 amide bonds. The number of halogens is 3. The topological polar surface area (TPSA) is 117 Å². The number of alkyl halides is 3. The number of nitrogens with zero attached hydrogens (tertiary/aromatic N) is 4. The van der Waals surface area contributed by atoms with Crippen LogP contribution in [0, 0.1) is 0 Å². The summed E-state index contributed by atoms with van der Waals surface area (Å²) in [6.45, 7) is 6.80. The standard InChI is InChI=1S/C23H23F3N6O3/c1-5-32-19(29-22(27)30-32)10-13(2)17-11-15(12-31(4)21(17)34)20(33)28-14(3)16-8-6-7-9-18(16)35-23(24,25)26/h5-12,14H,1H2,2-4H3,(H2,27,30)(H,28,33)/b13-10+. The lowest BCUT2D eigenvalue weighted by Gasteiger charge is -2.19. The number of aromatic nitrogens is 4. The van der Waals surface area contributed by atoms with Gasteiger partial charge in [-0.2, -0.15) is 4.98 Å². The zero-order valence-electron chi connectivity index (χ0n) is 19.1. The molecule has 0 aliphatic rings. The average Bonchev–Trinajstić information content (AvgIpc) is 3.13. The average molecular weight is 488 g/mol. The van der Waals surface area contributed by atoms with E-state index >= 15 is 0 Å². The molecule has 0 aliphatic carbocycles. The Morgan fingerprint density at radius 3 is 2.66 bits per heavy atom. The van der Waals surface area contributed by atoms with E-state index in [1.165, 1.54) is 65.9 Å². The van der Waals surface area contributed by atoms with Gasteiger partial charge in [0.05, 0.1) is 11.6 Å². The second kappa shape index (κ2) is 9.87. The van der Waals surface area contributed by atoms with Crippen LogP contribution in [0.1, 0.15) is 47.2 Å². The number of carbonyl (C=O) groups is 1. The molecule has 1 aromatic carbocycles. The Bertz CT molecular complexity index is 1360. The second-order valence-corrected chi connectivity index (χ2v) is 7.62. The maximum absolute atomic E-state index is 13.0. The number of rotatable bonds is 7. The predicted molar refractivity (Wildman–Crippen MR) is 125 cm³/mol. The van der Waals surface area contributed by atoms with Crippen LogP contribution < -0.4 is 21.3 Å². The molecule has 0 saturated carbocycles. The van der Waals surface area contributed by atoms with Gasteiger partial charge < -0.3 is 20.4 Å². The molecule has 2 heterocycles. The first-order valence-electron chi connectivity index (χ1n) is 10.3. The van der Waals surface area contributed by atoms with Gasteiger partial charge in [0.1, 0.15) is 5.75 Å². The van der Waals surface area contributed by atoms with Crippen LogP contribution in [0.25, 0.3) is 17.8 Å². The van der Waals surface area contributed by atoms with E-state index in [9.17, 15) is 22.8 Å². The molecule has 2 aromatic heterocycles. The van der Waals surface area contributed by atoms with E-state index in [4.69, 9.17) is 5.73 Å². The zero-order chi connectivity index (χ0) is 25.9. The molecule has 9 nitrogen and oxygen atoms in total. The minimum Gasteiger partial charge on any atom is -0.405 e. The lowest BCUT2D eigenvalue weighted by Crippen LogP contribution is -2.30. The number of amides is 1. The van der Waals surface area contributed by atoms with Gasteiger partial charge in [-0.3, -0.25) is 9.59 Å². The van der Waals surface area contributed by atoms with Crippen molar-refractivity contribution in [1.29, 1.82) is 0 Å². The van der Waals surface area contributed by atoms with Crippen LogP contribution in [0.4, 0.5) is 19.1 Å². The van der Waals surface area contributed by atoms with E-state index in [0.717, 1.165) is 0 Å². The van der Waals surface area contributed by atoms with Gasteiger partial charge in [0, 0.05) is 30.6 Å². The highest BCUT2D eigenvalue weighted by Crippen LogP contribution is 2.30. The van der Waals surface area contributed by atoms with Gasteiger partial charge in [0.15, 0.2) is 5.82 Å². The van der Waals surface area contributed by atoms with E-state index in [-0.39, 0.29) is 28.2 Å². The molecule has 3 N–H and O–H groups in total. The molecule has 0 bridgehead atoms. The SMILES string of the molecule is C=Cn1nc(N)nc1/C=C(\C)c1cc(C(=O)NC(C)c2ccccc2OC(F)(F)F)cn(C)c1=O. The van der Waals surface area contributed by atoms with Crippen LogP contribution in [0.3, 0.4) is 0 Å².